The molecule has 144 valence electrons. The Morgan fingerprint density at radius 2 is 1.93 bits per heavy atom. The Balaban J connectivity index is 1.55. The lowest BCUT2D eigenvalue weighted by Crippen LogP contribution is -2.44. The van der Waals surface area contributed by atoms with Crippen molar-refractivity contribution in [2.75, 3.05) is 43.4 Å². The summed E-state index contributed by atoms with van der Waals surface area (Å²) in [5.41, 5.74) is 0.507. The minimum absolute atomic E-state index is 0.135. The zero-order valence-electron chi connectivity index (χ0n) is 15.5. The molecule has 0 aliphatic carbocycles. The van der Waals surface area contributed by atoms with E-state index in [1.54, 1.807) is 13.1 Å². The third-order valence-electron chi connectivity index (χ3n) is 4.72. The molecule has 1 aliphatic rings. The molecule has 1 fully saturated rings. The normalized spacial score (nSPS) is 15.0. The van der Waals surface area contributed by atoms with Crippen molar-refractivity contribution in [3.63, 3.8) is 0 Å². The number of H-pyrrole nitrogens is 2. The monoisotopic (exact) mass is 372 g/mol. The van der Waals surface area contributed by atoms with Gasteiger partial charge in [0.15, 0.2) is 0 Å². The molecule has 27 heavy (non-hydrogen) atoms. The van der Waals surface area contributed by atoms with E-state index in [0.29, 0.717) is 16.9 Å². The van der Waals surface area contributed by atoms with Crippen molar-refractivity contribution < 1.29 is 4.79 Å². The largest absolute Gasteiger partial charge is 0.354 e. The van der Waals surface area contributed by atoms with E-state index < -0.39 is 11.2 Å². The van der Waals surface area contributed by atoms with Crippen molar-refractivity contribution >= 4 is 17.4 Å². The second-order valence-electron chi connectivity index (χ2n) is 6.76. The van der Waals surface area contributed by atoms with E-state index in [0.717, 1.165) is 32.0 Å². The van der Waals surface area contributed by atoms with E-state index in [1.807, 2.05) is 12.1 Å². The highest BCUT2D eigenvalue weighted by Crippen LogP contribution is 2.16. The lowest BCUT2D eigenvalue weighted by molar-refractivity contribution is -0.116. The maximum absolute atomic E-state index is 12.2. The number of anilines is 2. The number of carbonyl (C=O) groups excluding carboxylic acids is 1. The number of hydrogen-bond acceptors (Lipinski definition) is 6. The molecule has 0 saturated carbocycles. The van der Waals surface area contributed by atoms with E-state index in [2.05, 4.69) is 37.1 Å². The van der Waals surface area contributed by atoms with Crippen LogP contribution in [-0.2, 0) is 11.2 Å². The number of aromatic amines is 2. The van der Waals surface area contributed by atoms with Gasteiger partial charge in [-0.25, -0.2) is 9.78 Å². The van der Waals surface area contributed by atoms with Crippen molar-refractivity contribution in [2.24, 2.45) is 0 Å². The van der Waals surface area contributed by atoms with Crippen molar-refractivity contribution in [1.29, 1.82) is 0 Å². The van der Waals surface area contributed by atoms with Crippen LogP contribution in [0, 0.1) is 6.92 Å². The third kappa shape index (κ3) is 4.82. The topological polar surface area (TPSA) is 114 Å². The van der Waals surface area contributed by atoms with Crippen LogP contribution >= 0.6 is 0 Å². The molecule has 1 saturated heterocycles. The first-order chi connectivity index (χ1) is 12.9. The molecular weight excluding hydrogens is 348 g/mol. The Hall–Kier alpha value is -2.94. The predicted octanol–water partition coefficient (Wildman–Crippen LogP) is 0.0897. The van der Waals surface area contributed by atoms with Crippen LogP contribution in [0.25, 0.3) is 0 Å². The number of pyridine rings is 1. The lowest BCUT2D eigenvalue weighted by Gasteiger charge is -2.33. The molecule has 9 nitrogen and oxygen atoms in total. The quantitative estimate of drug-likeness (QED) is 0.685. The Morgan fingerprint density at radius 1 is 1.19 bits per heavy atom. The van der Waals surface area contributed by atoms with Crippen LogP contribution in [-0.4, -0.2) is 59.0 Å². The Morgan fingerprint density at radius 3 is 2.56 bits per heavy atom. The fourth-order valence-corrected chi connectivity index (χ4v) is 3.07. The van der Waals surface area contributed by atoms with Crippen molar-refractivity contribution in [2.45, 2.75) is 19.8 Å². The number of aryl methyl sites for hydroxylation is 1. The highest BCUT2D eigenvalue weighted by Gasteiger charge is 2.15. The molecule has 3 N–H and O–H groups in total. The first-order valence-electron chi connectivity index (χ1n) is 8.94. The van der Waals surface area contributed by atoms with E-state index in [1.165, 1.54) is 0 Å². The van der Waals surface area contributed by atoms with Crippen LogP contribution in [0.4, 0.5) is 11.5 Å². The Labute approximate surface area is 156 Å². The zero-order chi connectivity index (χ0) is 19.4. The van der Waals surface area contributed by atoms with Crippen LogP contribution < -0.4 is 21.5 Å². The molecule has 1 aliphatic heterocycles. The molecule has 0 bridgehead atoms. The van der Waals surface area contributed by atoms with Crippen LogP contribution in [0.15, 0.2) is 27.9 Å². The molecule has 1 amide bonds. The van der Waals surface area contributed by atoms with Crippen molar-refractivity contribution in [3.05, 3.63) is 50.4 Å². The summed E-state index contributed by atoms with van der Waals surface area (Å²) in [5, 5.41) is 2.79. The number of amides is 1. The summed E-state index contributed by atoms with van der Waals surface area (Å²) in [6.45, 7) is 5.52. The summed E-state index contributed by atoms with van der Waals surface area (Å²) in [4.78, 5) is 48.8. The van der Waals surface area contributed by atoms with Crippen molar-refractivity contribution in [3.8, 4) is 0 Å². The van der Waals surface area contributed by atoms with Crippen LogP contribution in [0.5, 0.6) is 0 Å². The molecule has 2 aromatic heterocycles. The maximum Gasteiger partial charge on any atom is 0.325 e. The summed E-state index contributed by atoms with van der Waals surface area (Å²) in [6.07, 6.45) is 2.02. The third-order valence-corrected chi connectivity index (χ3v) is 4.72. The lowest BCUT2D eigenvalue weighted by atomic mass is 10.1. The Kier molecular flexibility index (Phi) is 5.70. The molecule has 3 heterocycles. The van der Waals surface area contributed by atoms with Gasteiger partial charge in [0.25, 0.3) is 5.56 Å². The SMILES string of the molecule is Cc1[nH]c(=O)[nH]c(=O)c1CCC(=O)Nc1ccc(N2CCN(C)CC2)nc1. The van der Waals surface area contributed by atoms with Gasteiger partial charge in [-0.05, 0) is 32.5 Å². The molecule has 0 radical (unpaired) electrons. The number of piperazine rings is 1. The zero-order valence-corrected chi connectivity index (χ0v) is 15.5. The van der Waals surface area contributed by atoms with Gasteiger partial charge in [-0.3, -0.25) is 14.6 Å². The fraction of sp³-hybridized carbons (Fsp3) is 0.444. The first-order valence-corrected chi connectivity index (χ1v) is 8.94. The summed E-state index contributed by atoms with van der Waals surface area (Å²) < 4.78 is 0. The molecule has 9 heteroatoms. The number of nitrogens with one attached hydrogen (secondary N) is 3. The van der Waals surface area contributed by atoms with Gasteiger partial charge in [-0.1, -0.05) is 0 Å². The molecule has 0 unspecified atom stereocenters. The maximum atomic E-state index is 12.2. The minimum Gasteiger partial charge on any atom is -0.354 e. The minimum atomic E-state index is -0.544. The van der Waals surface area contributed by atoms with Gasteiger partial charge >= 0.3 is 5.69 Å². The average Bonchev–Trinajstić information content (AvgIpc) is 2.62. The number of aromatic nitrogens is 3. The summed E-state index contributed by atoms with van der Waals surface area (Å²) >= 11 is 0. The molecule has 3 rings (SSSR count). The number of nitrogens with zero attached hydrogens (tertiary/aromatic N) is 3. The number of rotatable bonds is 5. The fourth-order valence-electron chi connectivity index (χ4n) is 3.07. The van der Waals surface area contributed by atoms with Crippen LogP contribution in [0.2, 0.25) is 0 Å². The average molecular weight is 372 g/mol. The van der Waals surface area contributed by atoms with Crippen LogP contribution in [0.3, 0.4) is 0 Å². The smallest absolute Gasteiger partial charge is 0.325 e. The van der Waals surface area contributed by atoms with E-state index in [4.69, 9.17) is 0 Å². The van der Waals surface area contributed by atoms with Gasteiger partial charge in [-0.15, -0.1) is 0 Å². The second-order valence-corrected chi connectivity index (χ2v) is 6.76. The molecule has 0 aromatic carbocycles. The van der Waals surface area contributed by atoms with Gasteiger partial charge in [0, 0.05) is 43.9 Å². The predicted molar refractivity (Wildman–Crippen MR) is 103 cm³/mol. The van der Waals surface area contributed by atoms with E-state index >= 15 is 0 Å². The molecular formula is C18H24N6O3. The molecule has 0 atom stereocenters. The van der Waals surface area contributed by atoms with Gasteiger partial charge in [0.2, 0.25) is 5.91 Å². The first kappa shape index (κ1) is 18.8. The number of likely N-dealkylation sites (N-methyl/N-ethyl adjacent to an activating group) is 1. The molecule has 2 aromatic rings. The summed E-state index contributed by atoms with van der Waals surface area (Å²) in [6, 6.07) is 3.73. The highest BCUT2D eigenvalue weighted by atomic mass is 16.2. The van der Waals surface area contributed by atoms with Crippen molar-refractivity contribution in [1.82, 2.24) is 19.9 Å². The van der Waals surface area contributed by atoms with Crippen LogP contribution in [0.1, 0.15) is 17.7 Å². The van der Waals surface area contributed by atoms with Gasteiger partial charge < -0.3 is 20.1 Å². The molecule has 0 spiro atoms. The number of hydrogen-bond donors (Lipinski definition) is 3. The summed E-state index contributed by atoms with van der Waals surface area (Å²) in [5.74, 6) is 0.686. The number of carbonyl (C=O) groups is 1. The van der Waals surface area contributed by atoms with Gasteiger partial charge in [0.05, 0.1) is 11.9 Å². The van der Waals surface area contributed by atoms with E-state index in [9.17, 15) is 14.4 Å². The Bertz CT molecular complexity index is 910. The van der Waals surface area contributed by atoms with Gasteiger partial charge in [0.1, 0.15) is 5.82 Å². The summed E-state index contributed by atoms with van der Waals surface area (Å²) in [7, 11) is 2.10. The highest BCUT2D eigenvalue weighted by molar-refractivity contribution is 5.90. The standard InChI is InChI=1S/C18H24N6O3/c1-12-14(17(26)22-18(27)20-12)4-6-16(25)21-13-3-5-15(19-11-13)24-9-7-23(2)8-10-24/h3,5,11H,4,6-10H2,1-2H3,(H,21,25)(H2,20,22,26,27). The van der Waals surface area contributed by atoms with Gasteiger partial charge in [-0.2, -0.15) is 0 Å². The van der Waals surface area contributed by atoms with E-state index in [-0.39, 0.29) is 18.7 Å². The second kappa shape index (κ2) is 8.17.